The van der Waals surface area contributed by atoms with Gasteiger partial charge in [-0.25, -0.2) is 4.79 Å². The molecule has 1 unspecified atom stereocenters. The number of aliphatic imine (C=N–C) groups is 2. The van der Waals surface area contributed by atoms with Crippen molar-refractivity contribution >= 4 is 114 Å². The average molecular weight is 1190 g/mol. The zero-order valence-electron chi connectivity index (χ0n) is 46.4. The Labute approximate surface area is 490 Å². The number of amides is 11. The first-order valence-corrected chi connectivity index (χ1v) is 28.1. The zero-order valence-corrected chi connectivity index (χ0v) is 48.1. The SMILES string of the molecule is CCCC[C@@H](C(=O)N[C@@H](CS)C(=O)N[C@@H](CCC(=O)O)C(=O)N[C@@H](CC(C)NC=NC)C(=O)N[C@H](Cc1ccccc1)C(=O)N[C@@H](CCCN=C(N)N)C(=O)N[C@@H](Cc1c[nH]c2ccccc12)C(=O)N[C@@H](CS)C(N)=O)N1C(=O)CNC1=O. The van der Waals surface area contributed by atoms with Crippen LogP contribution < -0.4 is 65.1 Å². The van der Waals surface area contributed by atoms with Crippen LogP contribution in [0.25, 0.3) is 10.9 Å². The zero-order chi connectivity index (χ0) is 61.2. The van der Waals surface area contributed by atoms with E-state index in [1.54, 1.807) is 49.5 Å². The molecular weight excluding hydrogens is 1120 g/mol. The lowest BCUT2D eigenvalue weighted by Gasteiger charge is -2.29. The summed E-state index contributed by atoms with van der Waals surface area (Å²) in [4.78, 5) is 161. The fourth-order valence-electron chi connectivity index (χ4n) is 8.78. The molecule has 1 aliphatic heterocycles. The largest absolute Gasteiger partial charge is 0.481 e. The van der Waals surface area contributed by atoms with Gasteiger partial charge in [0.1, 0.15) is 48.3 Å². The number of nitrogens with one attached hydrogen (secondary N) is 10. The molecule has 1 fully saturated rings. The van der Waals surface area contributed by atoms with Crippen molar-refractivity contribution in [1.82, 2.24) is 57.7 Å². The normalized spacial score (nSPS) is 15.4. The molecule has 17 N–H and O–H groups in total. The Kier molecular flexibility index (Phi) is 27.6. The fraction of sp³-hybridized carbons (Fsp3) is 0.491. The maximum atomic E-state index is 14.8. The van der Waals surface area contributed by atoms with E-state index in [0.717, 1.165) is 15.8 Å². The van der Waals surface area contributed by atoms with E-state index in [1.165, 1.54) is 13.4 Å². The van der Waals surface area contributed by atoms with Crippen molar-refractivity contribution in [3.05, 3.63) is 71.9 Å². The standard InChI is InChI=1S/C53H76N16O12S2/c1-4-5-17-41(69-42(70)25-60-53(69)81)51(80)68-40(27-83)50(79)63-35(18-19-43(71)72)46(75)64-36(21-29(2)61-28-57-3)47(76)65-37(22-30-12-7-6-8-13-30)48(77)62-34(16-11-20-58-52(55)56)45(74)66-38(49(78)67-39(26-82)44(54)73)23-31-24-59-33-15-10-9-14-32(31)33/h6-10,12-15,24,28-29,34-41,59,82-83H,4-5,11,16-23,25-27H2,1-3H3,(H2,54,73)(H,57,61)(H,60,81)(H,62,77)(H,63,79)(H,64,75)(H,65,76)(H,66,74)(H,67,78)(H,68,80)(H,71,72)(H4,55,56,58)/t29?,34-,35-,36-,37+,38-,39-,40-,41-/m0/s1. The van der Waals surface area contributed by atoms with Crippen LogP contribution in [0.1, 0.15) is 76.3 Å². The van der Waals surface area contributed by atoms with Crippen LogP contribution in [0.3, 0.4) is 0 Å². The van der Waals surface area contributed by atoms with Crippen molar-refractivity contribution in [3.8, 4) is 0 Å². The van der Waals surface area contributed by atoms with E-state index in [0.29, 0.717) is 24.0 Å². The number of carbonyl (C=O) groups is 11. The van der Waals surface area contributed by atoms with E-state index in [-0.39, 0.29) is 69.1 Å². The number of fused-ring (bicyclic) bond motifs is 1. The van der Waals surface area contributed by atoms with Gasteiger partial charge >= 0.3 is 12.0 Å². The first-order valence-electron chi connectivity index (χ1n) is 26.9. The number of thiol groups is 2. The summed E-state index contributed by atoms with van der Waals surface area (Å²) in [6.07, 6.45) is 2.50. The molecule has 2 heterocycles. The molecule has 11 amide bonds. The number of guanidine groups is 1. The molecule has 2 aromatic carbocycles. The molecule has 28 nitrogen and oxygen atoms in total. The number of para-hydroxylation sites is 1. The molecule has 1 saturated heterocycles. The Bertz CT molecular complexity index is 2800. The van der Waals surface area contributed by atoms with Crippen LogP contribution >= 0.6 is 25.3 Å². The van der Waals surface area contributed by atoms with E-state index in [1.807, 2.05) is 25.1 Å². The van der Waals surface area contributed by atoms with Gasteiger partial charge in [0.25, 0.3) is 5.91 Å². The summed E-state index contributed by atoms with van der Waals surface area (Å²) >= 11 is 8.38. The Balaban J connectivity index is 1.67. The van der Waals surface area contributed by atoms with Gasteiger partial charge in [-0.05, 0) is 56.2 Å². The molecular formula is C53H76N16O12S2. The Morgan fingerprint density at radius 3 is 1.81 bits per heavy atom. The van der Waals surface area contributed by atoms with Gasteiger partial charge in [0.2, 0.25) is 47.3 Å². The number of urea groups is 1. The first-order chi connectivity index (χ1) is 39.6. The van der Waals surface area contributed by atoms with Crippen molar-refractivity contribution in [1.29, 1.82) is 0 Å². The number of aromatic nitrogens is 1. The number of aromatic amines is 1. The molecule has 0 radical (unpaired) electrons. The number of hydrogen-bond acceptors (Lipinski definition) is 15. The number of nitrogens with zero attached hydrogens (tertiary/aromatic N) is 3. The number of aliphatic carboxylic acids is 1. The number of H-pyrrole nitrogens is 1. The summed E-state index contributed by atoms with van der Waals surface area (Å²) in [5.41, 5.74) is 18.6. The lowest BCUT2D eigenvalue weighted by molar-refractivity contribution is -0.139. The van der Waals surface area contributed by atoms with Crippen molar-refractivity contribution in [2.45, 2.75) is 132 Å². The Morgan fingerprint density at radius 1 is 0.687 bits per heavy atom. The predicted octanol–water partition coefficient (Wildman–Crippen LogP) is -2.25. The number of imide groups is 1. The highest BCUT2D eigenvalue weighted by Gasteiger charge is 2.40. The van der Waals surface area contributed by atoms with Gasteiger partial charge < -0.3 is 75.1 Å². The van der Waals surface area contributed by atoms with Gasteiger partial charge in [-0.2, -0.15) is 25.3 Å². The van der Waals surface area contributed by atoms with E-state index < -0.39 is 132 Å². The van der Waals surface area contributed by atoms with Crippen molar-refractivity contribution in [2.24, 2.45) is 27.2 Å². The van der Waals surface area contributed by atoms with Crippen LogP contribution in [0.15, 0.2) is 70.8 Å². The third-order valence-corrected chi connectivity index (χ3v) is 13.9. The van der Waals surface area contributed by atoms with Crippen LogP contribution in [0.2, 0.25) is 0 Å². The van der Waals surface area contributed by atoms with Gasteiger partial charge in [-0.3, -0.25) is 62.8 Å². The van der Waals surface area contributed by atoms with Crippen LogP contribution in [0, 0.1) is 0 Å². The van der Waals surface area contributed by atoms with Crippen LogP contribution in [-0.4, -0.2) is 178 Å². The fourth-order valence-corrected chi connectivity index (χ4v) is 9.31. The molecule has 9 atom stereocenters. The van der Waals surface area contributed by atoms with E-state index in [9.17, 15) is 57.8 Å². The number of benzene rings is 2. The molecule has 0 saturated carbocycles. The van der Waals surface area contributed by atoms with E-state index in [4.69, 9.17) is 17.2 Å². The average Bonchev–Trinajstić information content (AvgIpc) is 4.15. The van der Waals surface area contributed by atoms with Crippen LogP contribution in [0.4, 0.5) is 4.79 Å². The summed E-state index contributed by atoms with van der Waals surface area (Å²) in [5, 5.41) is 34.0. The number of carbonyl (C=O) groups excluding carboxylic acids is 10. The molecule has 1 aliphatic rings. The third kappa shape index (κ3) is 21.5. The molecule has 0 aliphatic carbocycles. The molecule has 4 rings (SSSR count). The summed E-state index contributed by atoms with van der Waals surface area (Å²) in [5.74, 6) is -9.97. The highest BCUT2D eigenvalue weighted by Crippen LogP contribution is 2.20. The molecule has 0 bridgehead atoms. The minimum Gasteiger partial charge on any atom is -0.481 e. The lowest BCUT2D eigenvalue weighted by Crippen LogP contribution is -2.61. The molecule has 83 heavy (non-hydrogen) atoms. The van der Waals surface area contributed by atoms with E-state index >= 15 is 0 Å². The summed E-state index contributed by atoms with van der Waals surface area (Å²) < 4.78 is 0. The summed E-state index contributed by atoms with van der Waals surface area (Å²) in [6, 6.07) is 2.88. The Hall–Kier alpha value is -8.41. The van der Waals surface area contributed by atoms with Gasteiger partial charge in [0, 0.05) is 67.5 Å². The predicted molar refractivity (Wildman–Crippen MR) is 315 cm³/mol. The number of nitrogens with two attached hydrogens (primary N) is 3. The van der Waals surface area contributed by atoms with Crippen molar-refractivity contribution < 1.29 is 57.8 Å². The number of carboxylic acid groups (broad SMARTS) is 1. The molecule has 30 heteroatoms. The minimum atomic E-state index is -1.65. The topological polar surface area (TPSA) is 438 Å². The second kappa shape index (κ2) is 34.1. The first kappa shape index (κ1) is 67.1. The highest BCUT2D eigenvalue weighted by atomic mass is 32.1. The summed E-state index contributed by atoms with van der Waals surface area (Å²) in [7, 11) is 1.48. The molecule has 0 spiro atoms. The number of unbranched alkanes of at least 4 members (excludes halogenated alkanes) is 1. The quantitative estimate of drug-likeness (QED) is 0.00962. The third-order valence-electron chi connectivity index (χ3n) is 13.2. The monoisotopic (exact) mass is 1190 g/mol. The maximum absolute atomic E-state index is 14.8. The van der Waals surface area contributed by atoms with Gasteiger partial charge in [0.15, 0.2) is 5.96 Å². The Morgan fingerprint density at radius 2 is 1.23 bits per heavy atom. The lowest BCUT2D eigenvalue weighted by atomic mass is 10.0. The van der Waals surface area contributed by atoms with Gasteiger partial charge in [-0.1, -0.05) is 68.3 Å². The minimum absolute atomic E-state index is 0.0162. The second-order valence-electron chi connectivity index (χ2n) is 19.6. The van der Waals surface area contributed by atoms with Crippen molar-refractivity contribution in [2.75, 3.05) is 31.6 Å². The number of rotatable bonds is 36. The molecule has 452 valence electrons. The smallest absolute Gasteiger partial charge is 0.325 e. The number of primary amides is 1. The van der Waals surface area contributed by atoms with Crippen LogP contribution in [-0.2, 0) is 60.8 Å². The molecule has 1 aromatic heterocycles. The van der Waals surface area contributed by atoms with Gasteiger partial charge in [-0.15, -0.1) is 0 Å². The van der Waals surface area contributed by atoms with Crippen LogP contribution in [0.5, 0.6) is 0 Å². The maximum Gasteiger partial charge on any atom is 0.325 e. The molecule has 3 aromatic rings. The van der Waals surface area contributed by atoms with E-state index in [2.05, 4.69) is 88.1 Å². The second-order valence-corrected chi connectivity index (χ2v) is 20.3. The number of hydrogen-bond donors (Lipinski definition) is 16. The van der Waals surface area contributed by atoms with Crippen molar-refractivity contribution in [3.63, 3.8) is 0 Å². The van der Waals surface area contributed by atoms with Gasteiger partial charge in [0.05, 0.1) is 12.9 Å². The number of carboxylic acids is 1. The highest BCUT2D eigenvalue weighted by molar-refractivity contribution is 7.80. The summed E-state index contributed by atoms with van der Waals surface area (Å²) in [6.45, 7) is 3.18.